The maximum Gasteiger partial charge on any atom is 0.337 e. The predicted octanol–water partition coefficient (Wildman–Crippen LogP) is 3.89. The van der Waals surface area contributed by atoms with Crippen LogP contribution in [0.2, 0.25) is 0 Å². The molecular formula is C16H17NO2. The van der Waals surface area contributed by atoms with E-state index in [0.29, 0.717) is 11.6 Å². The zero-order chi connectivity index (χ0) is 13.2. The summed E-state index contributed by atoms with van der Waals surface area (Å²) in [7, 11) is 0. The fourth-order valence-electron chi connectivity index (χ4n) is 2.83. The lowest BCUT2D eigenvalue weighted by Crippen LogP contribution is -2.17. The highest BCUT2D eigenvalue weighted by molar-refractivity contribution is 6.00. The van der Waals surface area contributed by atoms with Gasteiger partial charge in [-0.15, -0.1) is 0 Å². The van der Waals surface area contributed by atoms with E-state index in [1.807, 2.05) is 30.3 Å². The van der Waals surface area contributed by atoms with Crippen molar-refractivity contribution in [3.8, 4) is 0 Å². The summed E-state index contributed by atoms with van der Waals surface area (Å²) in [6, 6.07) is 12.0. The number of fused-ring (bicyclic) bond motifs is 1. The smallest absolute Gasteiger partial charge is 0.337 e. The first-order valence-electron chi connectivity index (χ1n) is 6.76. The monoisotopic (exact) mass is 255 g/mol. The van der Waals surface area contributed by atoms with Crippen molar-refractivity contribution in [2.45, 2.75) is 31.7 Å². The molecule has 0 bridgehead atoms. The van der Waals surface area contributed by atoms with Gasteiger partial charge in [-0.1, -0.05) is 37.1 Å². The van der Waals surface area contributed by atoms with Gasteiger partial charge in [-0.2, -0.15) is 0 Å². The number of hydrogen-bond acceptors (Lipinski definition) is 2. The minimum atomic E-state index is -0.869. The number of anilines is 1. The summed E-state index contributed by atoms with van der Waals surface area (Å²) in [5.74, 6) is -0.869. The lowest BCUT2D eigenvalue weighted by molar-refractivity contribution is 0.0698. The lowest BCUT2D eigenvalue weighted by Gasteiger charge is -2.16. The van der Waals surface area contributed by atoms with Crippen molar-refractivity contribution < 1.29 is 9.90 Å². The van der Waals surface area contributed by atoms with Crippen LogP contribution in [0.15, 0.2) is 36.4 Å². The first kappa shape index (κ1) is 12.0. The van der Waals surface area contributed by atoms with Crippen LogP contribution in [0.5, 0.6) is 0 Å². The molecule has 2 aromatic rings. The van der Waals surface area contributed by atoms with Gasteiger partial charge in [0.2, 0.25) is 0 Å². The molecule has 19 heavy (non-hydrogen) atoms. The number of carboxylic acid groups (broad SMARTS) is 1. The molecule has 0 atom stereocenters. The molecular weight excluding hydrogens is 238 g/mol. The molecule has 0 saturated heterocycles. The highest BCUT2D eigenvalue weighted by Crippen LogP contribution is 2.28. The third-order valence-corrected chi connectivity index (χ3v) is 3.83. The second-order valence-electron chi connectivity index (χ2n) is 5.18. The molecule has 0 aliphatic heterocycles. The number of carbonyl (C=O) groups is 1. The van der Waals surface area contributed by atoms with E-state index in [1.54, 1.807) is 6.07 Å². The summed E-state index contributed by atoms with van der Waals surface area (Å²) >= 11 is 0. The molecule has 0 unspecified atom stereocenters. The average Bonchev–Trinajstić information content (AvgIpc) is 2.90. The highest BCUT2D eigenvalue weighted by atomic mass is 16.4. The number of nitrogens with one attached hydrogen (secondary N) is 1. The van der Waals surface area contributed by atoms with Gasteiger partial charge in [-0.25, -0.2) is 4.79 Å². The number of hydrogen-bond donors (Lipinski definition) is 2. The molecule has 0 radical (unpaired) electrons. The molecule has 1 aliphatic rings. The van der Waals surface area contributed by atoms with Crippen LogP contribution < -0.4 is 5.32 Å². The van der Waals surface area contributed by atoms with Crippen LogP contribution in [-0.2, 0) is 0 Å². The second-order valence-corrected chi connectivity index (χ2v) is 5.18. The Morgan fingerprint density at radius 3 is 2.37 bits per heavy atom. The molecule has 3 nitrogen and oxygen atoms in total. The van der Waals surface area contributed by atoms with Crippen molar-refractivity contribution in [2.24, 2.45) is 0 Å². The zero-order valence-electron chi connectivity index (χ0n) is 10.7. The van der Waals surface area contributed by atoms with E-state index in [1.165, 1.54) is 12.8 Å². The van der Waals surface area contributed by atoms with Crippen LogP contribution in [0.3, 0.4) is 0 Å². The molecule has 1 aliphatic carbocycles. The van der Waals surface area contributed by atoms with Crippen LogP contribution in [-0.4, -0.2) is 17.1 Å². The van der Waals surface area contributed by atoms with Crippen molar-refractivity contribution in [3.63, 3.8) is 0 Å². The van der Waals surface area contributed by atoms with Gasteiger partial charge in [-0.3, -0.25) is 0 Å². The molecule has 1 fully saturated rings. The van der Waals surface area contributed by atoms with Crippen LogP contribution in [0.1, 0.15) is 36.0 Å². The quantitative estimate of drug-likeness (QED) is 0.874. The van der Waals surface area contributed by atoms with Gasteiger partial charge in [0.25, 0.3) is 0 Å². The van der Waals surface area contributed by atoms with Gasteiger partial charge in [0.1, 0.15) is 0 Å². The van der Waals surface area contributed by atoms with E-state index in [-0.39, 0.29) is 0 Å². The summed E-state index contributed by atoms with van der Waals surface area (Å²) in [6.45, 7) is 0. The number of aromatic carboxylic acids is 1. The molecule has 0 heterocycles. The minimum Gasteiger partial charge on any atom is -0.478 e. The fraction of sp³-hybridized carbons (Fsp3) is 0.312. The number of carboxylic acids is 1. The molecule has 0 spiro atoms. The van der Waals surface area contributed by atoms with E-state index in [4.69, 9.17) is 0 Å². The Labute approximate surface area is 112 Å². The Balaban J connectivity index is 2.04. The van der Waals surface area contributed by atoms with E-state index < -0.39 is 5.97 Å². The van der Waals surface area contributed by atoms with Crippen molar-refractivity contribution in [1.29, 1.82) is 0 Å². The van der Waals surface area contributed by atoms with Crippen molar-refractivity contribution in [1.82, 2.24) is 0 Å². The summed E-state index contributed by atoms with van der Waals surface area (Å²) in [5, 5.41) is 14.8. The Morgan fingerprint density at radius 2 is 1.74 bits per heavy atom. The fourth-order valence-corrected chi connectivity index (χ4v) is 2.83. The topological polar surface area (TPSA) is 49.3 Å². The zero-order valence-corrected chi connectivity index (χ0v) is 10.7. The SMILES string of the molecule is O=C(O)c1cc2ccccc2cc1NC1CCCC1. The highest BCUT2D eigenvalue weighted by Gasteiger charge is 2.18. The van der Waals surface area contributed by atoms with Crippen LogP contribution in [0.4, 0.5) is 5.69 Å². The van der Waals surface area contributed by atoms with Gasteiger partial charge in [0, 0.05) is 11.7 Å². The Kier molecular flexibility index (Phi) is 3.11. The lowest BCUT2D eigenvalue weighted by atomic mass is 10.0. The van der Waals surface area contributed by atoms with Crippen molar-refractivity contribution >= 4 is 22.4 Å². The molecule has 98 valence electrons. The van der Waals surface area contributed by atoms with Crippen molar-refractivity contribution in [3.05, 3.63) is 42.0 Å². The third kappa shape index (κ3) is 2.41. The summed E-state index contributed by atoms with van der Waals surface area (Å²) in [4.78, 5) is 11.4. The molecule has 3 rings (SSSR count). The predicted molar refractivity (Wildman–Crippen MR) is 76.8 cm³/mol. The van der Waals surface area contributed by atoms with E-state index in [2.05, 4.69) is 5.32 Å². The summed E-state index contributed by atoms with van der Waals surface area (Å²) in [6.07, 6.45) is 4.72. The van der Waals surface area contributed by atoms with E-state index in [0.717, 1.165) is 29.3 Å². The minimum absolute atomic E-state index is 0.366. The maximum absolute atomic E-state index is 11.4. The maximum atomic E-state index is 11.4. The van der Waals surface area contributed by atoms with Crippen LogP contribution in [0, 0.1) is 0 Å². The normalized spacial score (nSPS) is 15.8. The Bertz CT molecular complexity index is 615. The van der Waals surface area contributed by atoms with Gasteiger partial charge in [0.05, 0.1) is 5.56 Å². The average molecular weight is 255 g/mol. The third-order valence-electron chi connectivity index (χ3n) is 3.83. The van der Waals surface area contributed by atoms with Gasteiger partial charge < -0.3 is 10.4 Å². The van der Waals surface area contributed by atoms with E-state index >= 15 is 0 Å². The summed E-state index contributed by atoms with van der Waals surface area (Å²) < 4.78 is 0. The molecule has 0 aromatic heterocycles. The molecule has 0 amide bonds. The van der Waals surface area contributed by atoms with Gasteiger partial charge in [0.15, 0.2) is 0 Å². The largest absolute Gasteiger partial charge is 0.478 e. The van der Waals surface area contributed by atoms with Gasteiger partial charge >= 0.3 is 5.97 Å². The Morgan fingerprint density at radius 1 is 1.11 bits per heavy atom. The molecule has 1 saturated carbocycles. The summed E-state index contributed by atoms with van der Waals surface area (Å²) in [5.41, 5.74) is 1.11. The first-order chi connectivity index (χ1) is 9.24. The first-order valence-corrected chi connectivity index (χ1v) is 6.76. The number of rotatable bonds is 3. The van der Waals surface area contributed by atoms with Crippen LogP contribution >= 0.6 is 0 Å². The molecule has 2 N–H and O–H groups in total. The molecule has 2 aromatic carbocycles. The Hall–Kier alpha value is -2.03. The van der Waals surface area contributed by atoms with Gasteiger partial charge in [-0.05, 0) is 35.7 Å². The standard InChI is InChI=1S/C16H17NO2/c18-16(19)14-9-11-5-1-2-6-12(11)10-15(14)17-13-7-3-4-8-13/h1-2,5-6,9-10,13,17H,3-4,7-8H2,(H,18,19). The molecule has 3 heteroatoms. The van der Waals surface area contributed by atoms with E-state index in [9.17, 15) is 9.90 Å². The number of benzene rings is 2. The van der Waals surface area contributed by atoms with Crippen molar-refractivity contribution in [2.75, 3.05) is 5.32 Å². The second kappa shape index (κ2) is 4.92. The van der Waals surface area contributed by atoms with Crippen LogP contribution in [0.25, 0.3) is 10.8 Å².